The van der Waals surface area contributed by atoms with Crippen LogP contribution < -0.4 is 5.73 Å². The highest BCUT2D eigenvalue weighted by Gasteiger charge is 2.15. The molecule has 0 radical (unpaired) electrons. The van der Waals surface area contributed by atoms with Gasteiger partial charge in [0.1, 0.15) is 23.0 Å². The van der Waals surface area contributed by atoms with E-state index in [0.717, 1.165) is 26.9 Å². The Bertz CT molecular complexity index is 824. The van der Waals surface area contributed by atoms with Gasteiger partial charge in [-0.25, -0.2) is 9.37 Å². The van der Waals surface area contributed by atoms with Gasteiger partial charge in [-0.15, -0.1) is 0 Å². The Morgan fingerprint density at radius 3 is 2.65 bits per heavy atom. The van der Waals surface area contributed by atoms with Crippen LogP contribution in [0.15, 0.2) is 34.8 Å². The summed E-state index contributed by atoms with van der Waals surface area (Å²) in [6, 6.07) is 8.47. The van der Waals surface area contributed by atoms with Gasteiger partial charge in [0.2, 0.25) is 0 Å². The third-order valence-corrected chi connectivity index (χ3v) is 4.28. The number of nitrogens with two attached hydrogens (primary N) is 1. The molecular weight excluding hydrogens is 321 g/mol. The highest BCUT2D eigenvalue weighted by Crippen LogP contribution is 2.31. The molecule has 20 heavy (non-hydrogen) atoms. The quantitative estimate of drug-likeness (QED) is 0.728. The molecule has 3 rings (SSSR count). The zero-order chi connectivity index (χ0) is 14.4. The van der Waals surface area contributed by atoms with Crippen LogP contribution in [-0.4, -0.2) is 9.38 Å². The number of nitrogen functional groups attached to an aromatic ring is 1. The molecule has 0 saturated carbocycles. The molecule has 0 fully saturated rings. The van der Waals surface area contributed by atoms with Crippen LogP contribution in [-0.2, 0) is 0 Å². The molecule has 0 aliphatic rings. The highest BCUT2D eigenvalue weighted by molar-refractivity contribution is 9.10. The minimum atomic E-state index is -0.257. The molecule has 0 atom stereocenters. The van der Waals surface area contributed by atoms with Gasteiger partial charge in [0.25, 0.3) is 0 Å². The second-order valence-corrected chi connectivity index (χ2v) is 5.62. The fraction of sp³-hybridized carbons (Fsp3) is 0.133. The number of halogens is 2. The van der Waals surface area contributed by atoms with Crippen LogP contribution in [0, 0.1) is 19.7 Å². The van der Waals surface area contributed by atoms with Crippen molar-refractivity contribution in [3.05, 3.63) is 51.9 Å². The number of hydrogen-bond donors (Lipinski definition) is 1. The molecule has 0 spiro atoms. The standard InChI is InChI=1S/C15H13BrFN3/c1-8-7-10(17)3-4-11(8)14-15(18)20-9(2)12(16)5-6-13(20)19-14/h3-7H,18H2,1-2H3. The average molecular weight is 334 g/mol. The molecule has 2 N–H and O–H groups in total. The van der Waals surface area contributed by atoms with Crippen molar-refractivity contribution in [2.45, 2.75) is 13.8 Å². The van der Waals surface area contributed by atoms with E-state index in [2.05, 4.69) is 20.9 Å². The summed E-state index contributed by atoms with van der Waals surface area (Å²) in [7, 11) is 0. The lowest BCUT2D eigenvalue weighted by Crippen LogP contribution is -1.99. The molecule has 5 heteroatoms. The molecule has 1 aromatic carbocycles. The molecule has 2 heterocycles. The first-order valence-corrected chi connectivity index (χ1v) is 6.98. The van der Waals surface area contributed by atoms with Crippen LogP contribution in [0.4, 0.5) is 10.2 Å². The minimum absolute atomic E-state index is 0.257. The number of imidazole rings is 1. The average Bonchev–Trinajstić information content (AvgIpc) is 2.72. The third-order valence-electron chi connectivity index (χ3n) is 3.44. The number of aromatic nitrogens is 2. The fourth-order valence-corrected chi connectivity index (χ4v) is 2.69. The second kappa shape index (κ2) is 4.59. The second-order valence-electron chi connectivity index (χ2n) is 4.77. The molecule has 2 aromatic heterocycles. The van der Waals surface area contributed by atoms with Crippen molar-refractivity contribution in [1.82, 2.24) is 9.38 Å². The van der Waals surface area contributed by atoms with Crippen LogP contribution in [0.2, 0.25) is 0 Å². The molecule has 3 nitrogen and oxygen atoms in total. The first kappa shape index (κ1) is 13.1. The van der Waals surface area contributed by atoms with Crippen molar-refractivity contribution in [3.63, 3.8) is 0 Å². The molecule has 102 valence electrons. The number of nitrogens with zero attached hydrogens (tertiary/aromatic N) is 2. The summed E-state index contributed by atoms with van der Waals surface area (Å²) >= 11 is 3.49. The number of aryl methyl sites for hydroxylation is 2. The lowest BCUT2D eigenvalue weighted by molar-refractivity contribution is 0.627. The molecular formula is C15H13BrFN3. The fourth-order valence-electron chi connectivity index (χ4n) is 2.38. The van der Waals surface area contributed by atoms with Crippen LogP contribution in [0.1, 0.15) is 11.3 Å². The molecule has 3 aromatic rings. The van der Waals surface area contributed by atoms with E-state index in [4.69, 9.17) is 5.73 Å². The lowest BCUT2D eigenvalue weighted by Gasteiger charge is -2.06. The molecule has 0 bridgehead atoms. The van der Waals surface area contributed by atoms with Gasteiger partial charge in [-0.05, 0) is 65.7 Å². The first-order valence-electron chi connectivity index (χ1n) is 6.18. The smallest absolute Gasteiger partial charge is 0.139 e. The summed E-state index contributed by atoms with van der Waals surface area (Å²) < 4.78 is 16.1. The normalized spacial score (nSPS) is 11.2. The van der Waals surface area contributed by atoms with E-state index in [1.165, 1.54) is 12.1 Å². The predicted molar refractivity (Wildman–Crippen MR) is 82.2 cm³/mol. The van der Waals surface area contributed by atoms with Gasteiger partial charge in [-0.2, -0.15) is 0 Å². The Kier molecular flexibility index (Phi) is 3.01. The van der Waals surface area contributed by atoms with Gasteiger partial charge < -0.3 is 5.73 Å². The molecule has 0 unspecified atom stereocenters. The zero-order valence-electron chi connectivity index (χ0n) is 11.1. The van der Waals surface area contributed by atoms with Gasteiger partial charge in [0, 0.05) is 15.7 Å². The summed E-state index contributed by atoms with van der Waals surface area (Å²) in [5, 5.41) is 0. The van der Waals surface area contributed by atoms with Gasteiger partial charge in [0.15, 0.2) is 0 Å². The van der Waals surface area contributed by atoms with E-state index in [1.807, 2.05) is 30.4 Å². The molecule has 0 aliphatic heterocycles. The summed E-state index contributed by atoms with van der Waals surface area (Å²) in [5.41, 5.74) is 10.3. The van der Waals surface area contributed by atoms with E-state index >= 15 is 0 Å². The van der Waals surface area contributed by atoms with E-state index in [9.17, 15) is 4.39 Å². The minimum Gasteiger partial charge on any atom is -0.383 e. The van der Waals surface area contributed by atoms with Crippen molar-refractivity contribution in [2.24, 2.45) is 0 Å². The number of hydrogen-bond acceptors (Lipinski definition) is 2. The van der Waals surface area contributed by atoms with Crippen LogP contribution in [0.5, 0.6) is 0 Å². The van der Waals surface area contributed by atoms with Gasteiger partial charge in [0.05, 0.1) is 0 Å². The maximum absolute atomic E-state index is 13.2. The Morgan fingerprint density at radius 2 is 1.95 bits per heavy atom. The summed E-state index contributed by atoms with van der Waals surface area (Å²) in [6.45, 7) is 3.82. The van der Waals surface area contributed by atoms with E-state index in [0.29, 0.717) is 11.5 Å². The van der Waals surface area contributed by atoms with Gasteiger partial charge in [-0.3, -0.25) is 4.40 Å². The SMILES string of the molecule is Cc1cc(F)ccc1-c1nc2ccc(Br)c(C)n2c1N. The number of pyridine rings is 1. The Labute approximate surface area is 124 Å². The highest BCUT2D eigenvalue weighted by atomic mass is 79.9. The maximum atomic E-state index is 13.2. The zero-order valence-corrected chi connectivity index (χ0v) is 12.7. The van der Waals surface area contributed by atoms with Gasteiger partial charge in [-0.1, -0.05) is 0 Å². The van der Waals surface area contributed by atoms with E-state index in [-0.39, 0.29) is 5.82 Å². The number of rotatable bonds is 1. The monoisotopic (exact) mass is 333 g/mol. The number of benzene rings is 1. The molecule has 0 aliphatic carbocycles. The van der Waals surface area contributed by atoms with Crippen molar-refractivity contribution in [3.8, 4) is 11.3 Å². The number of anilines is 1. The van der Waals surface area contributed by atoms with E-state index < -0.39 is 0 Å². The predicted octanol–water partition coefficient (Wildman–Crippen LogP) is 4.10. The van der Waals surface area contributed by atoms with Crippen LogP contribution in [0.25, 0.3) is 16.9 Å². The summed E-state index contributed by atoms with van der Waals surface area (Å²) in [4.78, 5) is 4.57. The topological polar surface area (TPSA) is 43.3 Å². The van der Waals surface area contributed by atoms with Crippen molar-refractivity contribution >= 4 is 27.4 Å². The van der Waals surface area contributed by atoms with Gasteiger partial charge >= 0.3 is 0 Å². The van der Waals surface area contributed by atoms with E-state index in [1.54, 1.807) is 6.07 Å². The Balaban J connectivity index is 2.32. The lowest BCUT2D eigenvalue weighted by atomic mass is 10.1. The van der Waals surface area contributed by atoms with Crippen molar-refractivity contribution in [2.75, 3.05) is 5.73 Å². The molecule has 0 saturated heterocycles. The number of fused-ring (bicyclic) bond motifs is 1. The van der Waals surface area contributed by atoms with Crippen LogP contribution in [0.3, 0.4) is 0 Å². The third kappa shape index (κ3) is 1.89. The summed E-state index contributed by atoms with van der Waals surface area (Å²) in [6.07, 6.45) is 0. The summed E-state index contributed by atoms with van der Waals surface area (Å²) in [5.74, 6) is 0.306. The first-order chi connectivity index (χ1) is 9.49. The van der Waals surface area contributed by atoms with Crippen molar-refractivity contribution < 1.29 is 4.39 Å². The largest absolute Gasteiger partial charge is 0.383 e. The Hall–Kier alpha value is -1.88. The van der Waals surface area contributed by atoms with Crippen molar-refractivity contribution in [1.29, 1.82) is 0 Å². The maximum Gasteiger partial charge on any atom is 0.139 e. The molecule has 0 amide bonds. The Morgan fingerprint density at radius 1 is 1.20 bits per heavy atom. The van der Waals surface area contributed by atoms with Crippen LogP contribution >= 0.6 is 15.9 Å².